The fraction of sp³-hybridized carbons (Fsp3) is 0.517. The van der Waals surface area contributed by atoms with Crippen LogP contribution in [0.1, 0.15) is 68.3 Å². The van der Waals surface area contributed by atoms with E-state index in [2.05, 4.69) is 0 Å². The van der Waals surface area contributed by atoms with Gasteiger partial charge in [-0.1, -0.05) is 13.3 Å². The van der Waals surface area contributed by atoms with Crippen molar-refractivity contribution < 1.29 is 54.9 Å². The van der Waals surface area contributed by atoms with E-state index >= 15 is 0 Å². The second-order valence-corrected chi connectivity index (χ2v) is 9.95. The third-order valence-electron chi connectivity index (χ3n) is 6.94. The van der Waals surface area contributed by atoms with Crippen LogP contribution in [0.15, 0.2) is 30.3 Å². The number of halogens is 6. The van der Waals surface area contributed by atoms with Gasteiger partial charge in [-0.25, -0.2) is 9.59 Å². The highest BCUT2D eigenvalue weighted by Gasteiger charge is 2.41. The van der Waals surface area contributed by atoms with Gasteiger partial charge < -0.3 is 18.9 Å². The predicted octanol–water partition coefficient (Wildman–Crippen LogP) is 7.98. The molecule has 0 fully saturated rings. The number of hydrogen-bond donors (Lipinski definition) is 0. The Morgan fingerprint density at radius 3 is 2.09 bits per heavy atom. The minimum absolute atomic E-state index is 0.0212. The number of carbonyl (C=O) groups is 2. The van der Waals surface area contributed by atoms with Crippen LogP contribution in [0.25, 0.3) is 0 Å². The molecule has 0 saturated heterocycles. The van der Waals surface area contributed by atoms with Crippen LogP contribution in [0.2, 0.25) is 0 Å². The minimum atomic E-state index is -5.07. The molecule has 3 rings (SSSR count). The number of methoxy groups -OCH3 is 2. The molecule has 0 aliphatic carbocycles. The van der Waals surface area contributed by atoms with E-state index in [1.807, 2.05) is 6.92 Å². The molecule has 43 heavy (non-hydrogen) atoms. The number of rotatable bonds is 9. The quantitative estimate of drug-likeness (QED) is 0.209. The molecule has 2 amide bonds. The molecule has 2 aromatic rings. The first-order valence-corrected chi connectivity index (χ1v) is 13.6. The number of hydrogen-bond acceptors (Lipinski definition) is 6. The standard InChI is InChI=1S/C29H34F6N2O6/c1-6-8-9-43-25-14-21-22(10-17(3)37(27(39)42-7-2)23(21)15-24(25)40-4)36(26(38)41-5)16-18-11-19(28(30,31)32)13-20(12-18)29(33,34)35/h11-15,17,22H,6-10,16H2,1-5H3. The highest BCUT2D eigenvalue weighted by atomic mass is 19.4. The summed E-state index contributed by atoms with van der Waals surface area (Å²) in [5.74, 6) is 0.552. The average molecular weight is 621 g/mol. The van der Waals surface area contributed by atoms with Crippen molar-refractivity contribution >= 4 is 17.9 Å². The highest BCUT2D eigenvalue weighted by Crippen LogP contribution is 2.47. The van der Waals surface area contributed by atoms with E-state index in [0.717, 1.165) is 18.4 Å². The number of fused-ring (bicyclic) bond motifs is 1. The van der Waals surface area contributed by atoms with Crippen LogP contribution in [0.4, 0.5) is 41.6 Å². The number of unbranched alkanes of at least 4 members (excludes halogenated alkanes) is 1. The topological polar surface area (TPSA) is 77.5 Å². The van der Waals surface area contributed by atoms with Crippen LogP contribution in [-0.2, 0) is 28.4 Å². The third-order valence-corrected chi connectivity index (χ3v) is 6.94. The molecule has 1 aliphatic rings. The Labute approximate surface area is 245 Å². The van der Waals surface area contributed by atoms with Gasteiger partial charge >= 0.3 is 24.5 Å². The van der Waals surface area contributed by atoms with Gasteiger partial charge in [-0.05, 0) is 56.5 Å². The Bertz CT molecular complexity index is 1270. The third kappa shape index (κ3) is 7.77. The lowest BCUT2D eigenvalue weighted by molar-refractivity contribution is -0.143. The number of carbonyl (C=O) groups excluding carboxylic acids is 2. The monoisotopic (exact) mass is 620 g/mol. The summed E-state index contributed by atoms with van der Waals surface area (Å²) >= 11 is 0. The fourth-order valence-electron chi connectivity index (χ4n) is 4.93. The van der Waals surface area contributed by atoms with Crippen molar-refractivity contribution in [2.45, 2.75) is 71.0 Å². The summed E-state index contributed by atoms with van der Waals surface area (Å²) in [5, 5.41) is 0. The molecule has 1 aliphatic heterocycles. The minimum Gasteiger partial charge on any atom is -0.493 e. The van der Waals surface area contributed by atoms with Crippen molar-refractivity contribution in [2.24, 2.45) is 0 Å². The van der Waals surface area contributed by atoms with E-state index < -0.39 is 59.9 Å². The normalized spacial score (nSPS) is 16.8. The zero-order chi connectivity index (χ0) is 32.1. The second kappa shape index (κ2) is 13.6. The fourth-order valence-corrected chi connectivity index (χ4v) is 4.93. The first-order valence-electron chi connectivity index (χ1n) is 13.6. The van der Waals surface area contributed by atoms with Gasteiger partial charge in [0.25, 0.3) is 0 Å². The van der Waals surface area contributed by atoms with Crippen LogP contribution in [0, 0.1) is 0 Å². The van der Waals surface area contributed by atoms with Gasteiger partial charge in [0.15, 0.2) is 11.5 Å². The van der Waals surface area contributed by atoms with E-state index in [4.69, 9.17) is 18.9 Å². The summed E-state index contributed by atoms with van der Waals surface area (Å²) in [6.45, 7) is 5.00. The zero-order valence-corrected chi connectivity index (χ0v) is 24.4. The van der Waals surface area contributed by atoms with Crippen LogP contribution in [-0.4, -0.2) is 50.6 Å². The van der Waals surface area contributed by atoms with E-state index in [1.165, 1.54) is 18.1 Å². The molecule has 0 aromatic heterocycles. The number of benzene rings is 2. The van der Waals surface area contributed by atoms with Crippen molar-refractivity contribution in [2.75, 3.05) is 32.3 Å². The summed E-state index contributed by atoms with van der Waals surface area (Å²) in [6.07, 6.45) is -10.2. The first-order chi connectivity index (χ1) is 20.2. The van der Waals surface area contributed by atoms with Gasteiger partial charge in [0.05, 0.1) is 50.3 Å². The van der Waals surface area contributed by atoms with Gasteiger partial charge in [-0.3, -0.25) is 9.80 Å². The molecular weight excluding hydrogens is 586 g/mol. The van der Waals surface area contributed by atoms with E-state index in [-0.39, 0.29) is 36.3 Å². The highest BCUT2D eigenvalue weighted by molar-refractivity contribution is 5.91. The van der Waals surface area contributed by atoms with Gasteiger partial charge in [-0.15, -0.1) is 0 Å². The smallest absolute Gasteiger partial charge is 0.416 e. The molecule has 2 unspecified atom stereocenters. The lowest BCUT2D eigenvalue weighted by Gasteiger charge is -2.42. The molecule has 0 radical (unpaired) electrons. The molecule has 0 N–H and O–H groups in total. The SMILES string of the molecule is CCCCOc1cc2c(cc1OC)N(C(=O)OCC)C(C)CC2N(Cc1cc(C(F)(F)F)cc(C(F)(F)F)c1)C(=O)OC. The van der Waals surface area contributed by atoms with Crippen LogP contribution >= 0.6 is 0 Å². The van der Waals surface area contributed by atoms with Gasteiger partial charge in [0.2, 0.25) is 0 Å². The van der Waals surface area contributed by atoms with Crippen molar-refractivity contribution in [3.05, 3.63) is 52.6 Å². The van der Waals surface area contributed by atoms with E-state index in [1.54, 1.807) is 19.9 Å². The second-order valence-electron chi connectivity index (χ2n) is 9.95. The van der Waals surface area contributed by atoms with E-state index in [9.17, 15) is 35.9 Å². The largest absolute Gasteiger partial charge is 0.493 e. The average Bonchev–Trinajstić information content (AvgIpc) is 2.94. The first kappa shape index (κ1) is 33.7. The molecule has 2 aromatic carbocycles. The summed E-state index contributed by atoms with van der Waals surface area (Å²) in [6, 6.07) is 2.66. The van der Waals surface area contributed by atoms with Crippen LogP contribution in [0.5, 0.6) is 11.5 Å². The Morgan fingerprint density at radius 2 is 1.58 bits per heavy atom. The molecule has 1 heterocycles. The van der Waals surface area contributed by atoms with Crippen LogP contribution < -0.4 is 14.4 Å². The van der Waals surface area contributed by atoms with Crippen molar-refractivity contribution in [3.63, 3.8) is 0 Å². The van der Waals surface area contributed by atoms with Crippen molar-refractivity contribution in [3.8, 4) is 11.5 Å². The molecule has 8 nitrogen and oxygen atoms in total. The van der Waals surface area contributed by atoms with Crippen molar-refractivity contribution in [1.82, 2.24) is 4.90 Å². The summed E-state index contributed by atoms with van der Waals surface area (Å²) in [7, 11) is 2.45. The maximum absolute atomic E-state index is 13.6. The Morgan fingerprint density at radius 1 is 0.953 bits per heavy atom. The van der Waals surface area contributed by atoms with Gasteiger partial charge in [-0.2, -0.15) is 26.3 Å². The summed E-state index contributed by atoms with van der Waals surface area (Å²) in [4.78, 5) is 28.5. The molecule has 0 saturated carbocycles. The number of nitrogens with zero attached hydrogens (tertiary/aromatic N) is 2. The number of alkyl halides is 6. The molecule has 2 atom stereocenters. The lowest BCUT2D eigenvalue weighted by atomic mass is 9.90. The Kier molecular flexibility index (Phi) is 10.7. The van der Waals surface area contributed by atoms with Gasteiger partial charge in [0.1, 0.15) is 0 Å². The summed E-state index contributed by atoms with van der Waals surface area (Å²) < 4.78 is 103. The molecule has 0 bridgehead atoms. The lowest BCUT2D eigenvalue weighted by Crippen LogP contribution is -2.47. The predicted molar refractivity (Wildman–Crippen MR) is 144 cm³/mol. The number of anilines is 1. The van der Waals surface area contributed by atoms with Gasteiger partial charge in [0, 0.05) is 24.2 Å². The van der Waals surface area contributed by atoms with Crippen LogP contribution in [0.3, 0.4) is 0 Å². The Balaban J connectivity index is 2.21. The number of amides is 2. The van der Waals surface area contributed by atoms with E-state index in [0.29, 0.717) is 30.7 Å². The maximum Gasteiger partial charge on any atom is 0.416 e. The molecule has 238 valence electrons. The molecular formula is C29H34F6N2O6. The molecule has 0 spiro atoms. The number of ether oxygens (including phenoxy) is 4. The maximum atomic E-state index is 13.6. The van der Waals surface area contributed by atoms with Crippen molar-refractivity contribution in [1.29, 1.82) is 0 Å². The molecule has 14 heteroatoms. The summed E-state index contributed by atoms with van der Waals surface area (Å²) in [5.41, 5.74) is -2.82. The zero-order valence-electron chi connectivity index (χ0n) is 24.4. The Hall–Kier alpha value is -3.84.